The molecule has 2 heteroatoms. The molecule has 2 nitrogen and oxygen atoms in total. The summed E-state index contributed by atoms with van der Waals surface area (Å²) in [5.41, 5.74) is 4.35. The van der Waals surface area contributed by atoms with Crippen LogP contribution in [-0.4, -0.2) is 11.5 Å². The van der Waals surface area contributed by atoms with Gasteiger partial charge in [-0.05, 0) is 36.1 Å². The van der Waals surface area contributed by atoms with Gasteiger partial charge in [0.25, 0.3) is 0 Å². The molecule has 1 aliphatic rings. The van der Waals surface area contributed by atoms with E-state index in [-0.39, 0.29) is 5.78 Å². The number of benzene rings is 1. The summed E-state index contributed by atoms with van der Waals surface area (Å²) in [5, 5.41) is 0. The lowest BCUT2D eigenvalue weighted by molar-refractivity contribution is 0.0979. The van der Waals surface area contributed by atoms with Crippen molar-refractivity contribution < 1.29 is 4.79 Å². The molecule has 102 valence electrons. The number of fused-ring (bicyclic) bond motifs is 1. The van der Waals surface area contributed by atoms with Gasteiger partial charge in [-0.3, -0.25) is 9.79 Å². The van der Waals surface area contributed by atoms with Crippen molar-refractivity contribution >= 4 is 17.2 Å². The van der Waals surface area contributed by atoms with Crippen LogP contribution >= 0.6 is 0 Å². The number of aliphatic imine (C=N–C) groups is 1. The largest absolute Gasteiger partial charge is 0.294 e. The van der Waals surface area contributed by atoms with Crippen molar-refractivity contribution in [1.82, 2.24) is 0 Å². The van der Waals surface area contributed by atoms with Crippen molar-refractivity contribution in [3.63, 3.8) is 0 Å². The van der Waals surface area contributed by atoms with Crippen LogP contribution in [0.1, 0.15) is 62.4 Å². The molecular formula is C17H23NO. The van der Waals surface area contributed by atoms with Gasteiger partial charge in [0.1, 0.15) is 0 Å². The monoisotopic (exact) mass is 257 g/mol. The Balaban J connectivity index is 2.06. The Hall–Kier alpha value is -1.44. The third-order valence-corrected chi connectivity index (χ3v) is 3.71. The second kappa shape index (κ2) is 6.14. The summed E-state index contributed by atoms with van der Waals surface area (Å²) in [6.45, 7) is 6.49. The van der Waals surface area contributed by atoms with E-state index < -0.39 is 0 Å². The quantitative estimate of drug-likeness (QED) is 0.535. The Kier molecular flexibility index (Phi) is 4.52. The molecule has 0 saturated carbocycles. The minimum atomic E-state index is 0.272. The highest BCUT2D eigenvalue weighted by Crippen LogP contribution is 2.30. The van der Waals surface area contributed by atoms with Crippen molar-refractivity contribution in [2.45, 2.75) is 52.9 Å². The molecule has 1 aromatic rings. The summed E-state index contributed by atoms with van der Waals surface area (Å²) in [6.07, 6.45) is 4.87. The fraction of sp³-hybridized carbons (Fsp3) is 0.529. The van der Waals surface area contributed by atoms with Crippen LogP contribution in [0.4, 0.5) is 5.69 Å². The molecule has 0 radical (unpaired) electrons. The van der Waals surface area contributed by atoms with E-state index in [0.717, 1.165) is 36.9 Å². The molecule has 1 heterocycles. The molecule has 2 rings (SSSR count). The maximum absolute atomic E-state index is 12.1. The first-order valence-corrected chi connectivity index (χ1v) is 7.35. The average molecular weight is 257 g/mol. The van der Waals surface area contributed by atoms with Gasteiger partial charge in [0.15, 0.2) is 5.78 Å². The van der Waals surface area contributed by atoms with Crippen molar-refractivity contribution in [2.24, 2.45) is 10.9 Å². The summed E-state index contributed by atoms with van der Waals surface area (Å²) in [6, 6.07) is 5.97. The predicted molar refractivity (Wildman–Crippen MR) is 80.6 cm³/mol. The molecule has 0 atom stereocenters. The lowest BCUT2D eigenvalue weighted by atomic mass is 9.98. The van der Waals surface area contributed by atoms with Gasteiger partial charge >= 0.3 is 0 Å². The number of hydrogen-bond donors (Lipinski definition) is 0. The number of carbonyl (C=O) groups excluding carboxylic acids is 1. The molecule has 0 bridgehead atoms. The van der Waals surface area contributed by atoms with Gasteiger partial charge in [-0.2, -0.15) is 0 Å². The summed E-state index contributed by atoms with van der Waals surface area (Å²) in [5.74, 6) is 0.755. The van der Waals surface area contributed by atoms with Crippen LogP contribution in [0.15, 0.2) is 23.2 Å². The topological polar surface area (TPSA) is 29.4 Å². The summed E-state index contributed by atoms with van der Waals surface area (Å²) in [7, 11) is 0. The van der Waals surface area contributed by atoms with Gasteiger partial charge in [-0.25, -0.2) is 0 Å². The Bertz CT molecular complexity index is 500. The first kappa shape index (κ1) is 14.0. The number of Topliss-reactive ketones (excluding diaryl/α,β-unsaturated/α-hetero) is 1. The maximum atomic E-state index is 12.1. The van der Waals surface area contributed by atoms with E-state index in [2.05, 4.69) is 25.8 Å². The Morgan fingerprint density at radius 2 is 2.11 bits per heavy atom. The number of hydrogen-bond acceptors (Lipinski definition) is 2. The van der Waals surface area contributed by atoms with Crippen molar-refractivity contribution in [2.75, 3.05) is 0 Å². The molecule has 0 aromatic heterocycles. The van der Waals surface area contributed by atoms with Gasteiger partial charge < -0.3 is 0 Å². The maximum Gasteiger partial charge on any atom is 0.162 e. The van der Waals surface area contributed by atoms with E-state index in [9.17, 15) is 4.79 Å². The first-order valence-electron chi connectivity index (χ1n) is 7.35. The zero-order valence-electron chi connectivity index (χ0n) is 12.2. The predicted octanol–water partition coefficient (Wildman–Crippen LogP) is 4.73. The zero-order chi connectivity index (χ0) is 13.8. The summed E-state index contributed by atoms with van der Waals surface area (Å²) in [4.78, 5) is 16.7. The Morgan fingerprint density at radius 1 is 1.32 bits per heavy atom. The Morgan fingerprint density at radius 3 is 2.79 bits per heavy atom. The van der Waals surface area contributed by atoms with E-state index in [1.165, 1.54) is 11.3 Å². The highest BCUT2D eigenvalue weighted by atomic mass is 16.1. The third-order valence-electron chi connectivity index (χ3n) is 3.71. The highest BCUT2D eigenvalue weighted by Gasteiger charge is 2.18. The van der Waals surface area contributed by atoms with Gasteiger partial charge in [0.2, 0.25) is 0 Å². The van der Waals surface area contributed by atoms with Crippen LogP contribution < -0.4 is 0 Å². The number of nitrogens with zero attached hydrogens (tertiary/aromatic N) is 1. The van der Waals surface area contributed by atoms with Gasteiger partial charge in [0.05, 0.1) is 5.69 Å². The van der Waals surface area contributed by atoms with E-state index >= 15 is 0 Å². The van der Waals surface area contributed by atoms with Crippen LogP contribution in [0.5, 0.6) is 0 Å². The first-order chi connectivity index (χ1) is 9.11. The summed E-state index contributed by atoms with van der Waals surface area (Å²) >= 11 is 0. The minimum absolute atomic E-state index is 0.272. The second-order valence-electron chi connectivity index (χ2n) is 5.66. The van der Waals surface area contributed by atoms with Crippen LogP contribution in [0, 0.1) is 5.92 Å². The third kappa shape index (κ3) is 3.31. The normalized spacial score (nSPS) is 13.6. The van der Waals surface area contributed by atoms with Crippen molar-refractivity contribution in [3.8, 4) is 0 Å². The summed E-state index contributed by atoms with van der Waals surface area (Å²) < 4.78 is 0. The Labute approximate surface area is 115 Å². The second-order valence-corrected chi connectivity index (χ2v) is 5.66. The standard InChI is InChI=1S/C17H23NO/c1-4-5-6-7-17(19)13-8-9-15-14(10-13)11-16(18-15)12(2)3/h8-10,12H,4-7,11H2,1-3H3. The van der Waals surface area contributed by atoms with E-state index in [1.54, 1.807) is 0 Å². The lowest BCUT2D eigenvalue weighted by Gasteiger charge is -2.04. The molecule has 0 amide bonds. The molecule has 0 fully saturated rings. The highest BCUT2D eigenvalue weighted by molar-refractivity contribution is 5.99. The van der Waals surface area contributed by atoms with Crippen LogP contribution in [0.25, 0.3) is 0 Å². The fourth-order valence-electron chi connectivity index (χ4n) is 2.41. The number of carbonyl (C=O) groups is 1. The van der Waals surface area contributed by atoms with Crippen LogP contribution in [0.3, 0.4) is 0 Å². The molecule has 1 aromatic carbocycles. The minimum Gasteiger partial charge on any atom is -0.294 e. The van der Waals surface area contributed by atoms with Gasteiger partial charge in [0, 0.05) is 24.1 Å². The molecule has 0 unspecified atom stereocenters. The van der Waals surface area contributed by atoms with Gasteiger partial charge in [-0.1, -0.05) is 33.6 Å². The zero-order valence-corrected chi connectivity index (χ0v) is 12.2. The molecule has 1 aliphatic heterocycles. The number of unbranched alkanes of at least 4 members (excludes halogenated alkanes) is 2. The smallest absolute Gasteiger partial charge is 0.162 e. The average Bonchev–Trinajstić information content (AvgIpc) is 2.81. The van der Waals surface area contributed by atoms with E-state index in [4.69, 9.17) is 0 Å². The van der Waals surface area contributed by atoms with Crippen molar-refractivity contribution in [1.29, 1.82) is 0 Å². The van der Waals surface area contributed by atoms with Crippen molar-refractivity contribution in [3.05, 3.63) is 29.3 Å². The van der Waals surface area contributed by atoms with Crippen LogP contribution in [0.2, 0.25) is 0 Å². The van der Waals surface area contributed by atoms with Crippen LogP contribution in [-0.2, 0) is 6.42 Å². The molecule has 0 N–H and O–H groups in total. The number of rotatable bonds is 6. The van der Waals surface area contributed by atoms with Gasteiger partial charge in [-0.15, -0.1) is 0 Å². The molecule has 0 aliphatic carbocycles. The lowest BCUT2D eigenvalue weighted by Crippen LogP contribution is -2.06. The fourth-order valence-corrected chi connectivity index (χ4v) is 2.41. The van der Waals surface area contributed by atoms with E-state index in [0.29, 0.717) is 12.3 Å². The number of ketones is 1. The molecule has 0 spiro atoms. The molecule has 0 saturated heterocycles. The SMILES string of the molecule is CCCCCC(=O)c1ccc2c(c1)CC(C(C)C)=N2. The molecule has 19 heavy (non-hydrogen) atoms. The molecular weight excluding hydrogens is 234 g/mol. The van der Waals surface area contributed by atoms with E-state index in [1.807, 2.05) is 18.2 Å².